The fraction of sp³-hybridized carbons (Fsp3) is 0.0714. The lowest BCUT2D eigenvalue weighted by Gasteiger charge is -2.05. The first-order chi connectivity index (χ1) is 9.06. The zero-order valence-corrected chi connectivity index (χ0v) is 10.4. The smallest absolute Gasteiger partial charge is 0.345 e. The van der Waals surface area contributed by atoms with Gasteiger partial charge in [-0.1, -0.05) is 0 Å². The number of ether oxygens (including phenoxy) is 1. The van der Waals surface area contributed by atoms with Gasteiger partial charge >= 0.3 is 5.97 Å². The zero-order valence-electron chi connectivity index (χ0n) is 10.4. The number of nitrogens with one attached hydrogen (secondary N) is 1. The van der Waals surface area contributed by atoms with Gasteiger partial charge in [0.1, 0.15) is 11.6 Å². The summed E-state index contributed by atoms with van der Waals surface area (Å²) in [5.41, 5.74) is 7.14. The predicted octanol–water partition coefficient (Wildman–Crippen LogP) is 1.89. The number of hydrogen-bond acceptors (Lipinski definition) is 4. The van der Waals surface area contributed by atoms with Crippen LogP contribution in [-0.2, 0) is 0 Å². The van der Waals surface area contributed by atoms with Gasteiger partial charge in [-0.15, -0.1) is 0 Å². The molecule has 2 aromatic rings. The first-order valence-electron chi connectivity index (χ1n) is 5.65. The van der Waals surface area contributed by atoms with E-state index in [1.165, 1.54) is 6.20 Å². The predicted molar refractivity (Wildman–Crippen MR) is 71.4 cm³/mol. The van der Waals surface area contributed by atoms with Gasteiger partial charge in [-0.2, -0.15) is 0 Å². The maximum absolute atomic E-state index is 11.8. The van der Waals surface area contributed by atoms with Crippen molar-refractivity contribution in [2.45, 2.75) is 6.92 Å². The normalized spacial score (nSPS) is 9.95. The van der Waals surface area contributed by atoms with Gasteiger partial charge in [-0.25, -0.2) is 4.79 Å². The van der Waals surface area contributed by atoms with Crippen LogP contribution in [0.2, 0.25) is 0 Å². The molecule has 0 aliphatic rings. The highest BCUT2D eigenvalue weighted by Gasteiger charge is 2.08. The molecule has 0 amide bonds. The van der Waals surface area contributed by atoms with Crippen LogP contribution in [0, 0.1) is 12.3 Å². The van der Waals surface area contributed by atoms with Crippen LogP contribution in [0.15, 0.2) is 42.6 Å². The molecule has 0 unspecified atom stereocenters. The van der Waals surface area contributed by atoms with Crippen molar-refractivity contribution in [2.24, 2.45) is 5.73 Å². The molecular weight excluding hydrogens is 242 g/mol. The summed E-state index contributed by atoms with van der Waals surface area (Å²) in [6.07, 6.45) is 1.47. The quantitative estimate of drug-likeness (QED) is 0.379. The van der Waals surface area contributed by atoms with Crippen LogP contribution in [0.25, 0.3) is 0 Å². The van der Waals surface area contributed by atoms with Crippen molar-refractivity contribution in [3.8, 4) is 5.75 Å². The summed E-state index contributed by atoms with van der Waals surface area (Å²) in [5.74, 6) is -0.0979. The van der Waals surface area contributed by atoms with E-state index < -0.39 is 5.97 Å². The molecule has 5 nitrogen and oxygen atoms in total. The van der Waals surface area contributed by atoms with Crippen molar-refractivity contribution in [1.82, 2.24) is 4.98 Å². The Morgan fingerprint density at radius 3 is 2.32 bits per heavy atom. The second-order valence-electron chi connectivity index (χ2n) is 4.02. The van der Waals surface area contributed by atoms with Gasteiger partial charge in [-0.05, 0) is 43.3 Å². The van der Waals surface area contributed by atoms with Crippen LogP contribution in [0.1, 0.15) is 21.6 Å². The van der Waals surface area contributed by atoms with E-state index in [0.29, 0.717) is 16.9 Å². The van der Waals surface area contributed by atoms with Crippen molar-refractivity contribution < 1.29 is 9.53 Å². The number of rotatable bonds is 3. The van der Waals surface area contributed by atoms with Crippen LogP contribution in [0.5, 0.6) is 5.75 Å². The average molecular weight is 255 g/mol. The van der Waals surface area contributed by atoms with Crippen LogP contribution >= 0.6 is 0 Å². The number of amidine groups is 1. The van der Waals surface area contributed by atoms with Crippen molar-refractivity contribution in [1.29, 1.82) is 5.41 Å². The number of pyridine rings is 1. The number of nitrogen functional groups attached to an aromatic ring is 1. The van der Waals surface area contributed by atoms with Crippen molar-refractivity contribution in [3.63, 3.8) is 0 Å². The Hall–Kier alpha value is -2.69. The molecule has 1 aromatic heterocycles. The fourth-order valence-electron chi connectivity index (χ4n) is 1.46. The first kappa shape index (κ1) is 12.8. The monoisotopic (exact) mass is 255 g/mol. The third kappa shape index (κ3) is 3.16. The van der Waals surface area contributed by atoms with Crippen LogP contribution < -0.4 is 10.5 Å². The molecule has 0 saturated carbocycles. The zero-order chi connectivity index (χ0) is 13.8. The Morgan fingerprint density at radius 1 is 1.16 bits per heavy atom. The third-order valence-electron chi connectivity index (χ3n) is 2.52. The maximum Gasteiger partial charge on any atom is 0.345 e. The molecule has 5 heteroatoms. The molecule has 0 fully saturated rings. The van der Waals surface area contributed by atoms with E-state index >= 15 is 0 Å². The number of aromatic nitrogens is 1. The molecule has 1 aromatic carbocycles. The highest BCUT2D eigenvalue weighted by atomic mass is 16.5. The Balaban J connectivity index is 2.10. The summed E-state index contributed by atoms with van der Waals surface area (Å²) < 4.78 is 5.18. The van der Waals surface area contributed by atoms with Crippen molar-refractivity contribution in [2.75, 3.05) is 0 Å². The number of carbonyl (C=O) groups excluding carboxylic acids is 1. The SMILES string of the molecule is Cc1ccc(C(=O)Oc2ccc(C(=N)N)cc2)cn1. The largest absolute Gasteiger partial charge is 0.423 e. The first-order valence-corrected chi connectivity index (χ1v) is 5.65. The molecule has 3 N–H and O–H groups in total. The van der Waals surface area contributed by atoms with Gasteiger partial charge in [0.2, 0.25) is 0 Å². The summed E-state index contributed by atoms with van der Waals surface area (Å²) in [5, 5.41) is 7.26. The van der Waals surface area contributed by atoms with Crippen LogP contribution in [-0.4, -0.2) is 16.8 Å². The van der Waals surface area contributed by atoms with Gasteiger partial charge in [0.25, 0.3) is 0 Å². The van der Waals surface area contributed by atoms with E-state index in [1.54, 1.807) is 36.4 Å². The van der Waals surface area contributed by atoms with Crippen LogP contribution in [0.4, 0.5) is 0 Å². The maximum atomic E-state index is 11.8. The molecule has 19 heavy (non-hydrogen) atoms. The number of esters is 1. The number of benzene rings is 1. The lowest BCUT2D eigenvalue weighted by Crippen LogP contribution is -2.11. The number of nitrogens with zero attached hydrogens (tertiary/aromatic N) is 1. The number of hydrogen-bond donors (Lipinski definition) is 2. The summed E-state index contributed by atoms with van der Waals surface area (Å²) in [4.78, 5) is 15.8. The van der Waals surface area contributed by atoms with Crippen molar-refractivity contribution >= 4 is 11.8 Å². The minimum Gasteiger partial charge on any atom is -0.423 e. The minimum atomic E-state index is -0.469. The highest BCUT2D eigenvalue weighted by Crippen LogP contribution is 2.14. The fourth-order valence-corrected chi connectivity index (χ4v) is 1.46. The second kappa shape index (κ2) is 5.30. The van der Waals surface area contributed by atoms with Gasteiger partial charge in [-0.3, -0.25) is 10.4 Å². The van der Waals surface area contributed by atoms with Gasteiger partial charge < -0.3 is 10.5 Å². The Bertz CT molecular complexity index is 604. The van der Waals surface area contributed by atoms with E-state index in [-0.39, 0.29) is 5.84 Å². The average Bonchev–Trinajstić information content (AvgIpc) is 2.40. The molecule has 0 aliphatic carbocycles. The molecule has 0 aliphatic heterocycles. The van der Waals surface area contributed by atoms with E-state index in [9.17, 15) is 4.79 Å². The summed E-state index contributed by atoms with van der Waals surface area (Å²) in [6.45, 7) is 1.84. The molecule has 1 heterocycles. The van der Waals surface area contributed by atoms with E-state index in [0.717, 1.165) is 5.69 Å². The number of carbonyl (C=O) groups is 1. The third-order valence-corrected chi connectivity index (χ3v) is 2.52. The molecule has 0 atom stereocenters. The number of aryl methyl sites for hydroxylation is 1. The molecule has 0 radical (unpaired) electrons. The molecule has 0 bridgehead atoms. The van der Waals surface area contributed by atoms with Gasteiger partial charge in [0, 0.05) is 17.5 Å². The van der Waals surface area contributed by atoms with E-state index in [1.807, 2.05) is 6.92 Å². The van der Waals surface area contributed by atoms with Gasteiger partial charge in [0.05, 0.1) is 5.56 Å². The standard InChI is InChI=1S/C14H13N3O2/c1-9-2-3-11(8-17-9)14(18)19-12-6-4-10(5-7-12)13(15)16/h2-8H,1H3,(H3,15,16). The lowest BCUT2D eigenvalue weighted by atomic mass is 10.2. The Kier molecular flexibility index (Phi) is 3.56. The Labute approximate surface area is 110 Å². The van der Waals surface area contributed by atoms with Gasteiger partial charge in [0.15, 0.2) is 0 Å². The minimum absolute atomic E-state index is 0.0272. The summed E-state index contributed by atoms with van der Waals surface area (Å²) >= 11 is 0. The molecule has 0 saturated heterocycles. The van der Waals surface area contributed by atoms with Crippen molar-refractivity contribution in [3.05, 3.63) is 59.4 Å². The highest BCUT2D eigenvalue weighted by molar-refractivity contribution is 5.95. The Morgan fingerprint density at radius 2 is 1.79 bits per heavy atom. The molecule has 0 spiro atoms. The topological polar surface area (TPSA) is 89.1 Å². The van der Waals surface area contributed by atoms with E-state index in [4.69, 9.17) is 15.9 Å². The van der Waals surface area contributed by atoms with Crippen LogP contribution in [0.3, 0.4) is 0 Å². The van der Waals surface area contributed by atoms with E-state index in [2.05, 4.69) is 4.98 Å². The lowest BCUT2D eigenvalue weighted by molar-refractivity contribution is 0.0734. The molecular formula is C14H13N3O2. The second-order valence-corrected chi connectivity index (χ2v) is 4.02. The summed E-state index contributed by atoms with van der Waals surface area (Å²) in [6, 6.07) is 9.84. The number of nitrogens with two attached hydrogens (primary N) is 1. The molecule has 2 rings (SSSR count). The molecule has 96 valence electrons. The summed E-state index contributed by atoms with van der Waals surface area (Å²) in [7, 11) is 0.